The molecule has 1 aromatic heterocycles. The summed E-state index contributed by atoms with van der Waals surface area (Å²) in [5.74, 6) is 0.387. The van der Waals surface area contributed by atoms with E-state index in [2.05, 4.69) is 21.9 Å². The zero-order chi connectivity index (χ0) is 21.9. The van der Waals surface area contributed by atoms with Gasteiger partial charge in [-0.3, -0.25) is 0 Å². The summed E-state index contributed by atoms with van der Waals surface area (Å²) < 4.78 is 31.8. The fourth-order valence-corrected chi connectivity index (χ4v) is 4.06. The first-order chi connectivity index (χ1) is 14.2. The molecule has 3 rings (SSSR count). The van der Waals surface area contributed by atoms with Gasteiger partial charge in [0.15, 0.2) is 0 Å². The lowest BCUT2D eigenvalue weighted by Gasteiger charge is -2.14. The number of ether oxygens (including phenoxy) is 1. The molecule has 9 heteroatoms. The Labute approximate surface area is 175 Å². The predicted octanol–water partition coefficient (Wildman–Crippen LogP) is 2.10. The molecule has 0 aliphatic heterocycles. The number of aliphatic hydroxyl groups is 1. The Morgan fingerprint density at radius 2 is 1.93 bits per heavy atom. The van der Waals surface area contributed by atoms with E-state index in [1.165, 1.54) is 36.2 Å². The first kappa shape index (κ1) is 22.1. The van der Waals surface area contributed by atoms with Crippen LogP contribution in [0, 0.1) is 13.8 Å². The third kappa shape index (κ3) is 4.76. The molecule has 0 bridgehead atoms. The maximum absolute atomic E-state index is 11.9. The number of benzene rings is 2. The van der Waals surface area contributed by atoms with Crippen molar-refractivity contribution >= 4 is 20.9 Å². The van der Waals surface area contributed by atoms with Crippen molar-refractivity contribution < 1.29 is 23.4 Å². The van der Waals surface area contributed by atoms with Crippen molar-refractivity contribution in [2.75, 3.05) is 26.7 Å². The van der Waals surface area contributed by atoms with Crippen LogP contribution in [0.25, 0.3) is 10.9 Å². The molecule has 30 heavy (non-hydrogen) atoms. The number of sulfonamides is 1. The summed E-state index contributed by atoms with van der Waals surface area (Å²) in [7, 11) is -2.56. The van der Waals surface area contributed by atoms with Crippen molar-refractivity contribution in [2.24, 2.45) is 0 Å². The summed E-state index contributed by atoms with van der Waals surface area (Å²) in [6.45, 7) is 5.23. The van der Waals surface area contributed by atoms with Crippen molar-refractivity contribution in [3.05, 3.63) is 53.2 Å². The minimum Gasteiger partial charge on any atom is -0.507 e. The molecule has 0 saturated carbocycles. The van der Waals surface area contributed by atoms with Crippen LogP contribution in [-0.2, 0) is 10.0 Å². The molecule has 0 radical (unpaired) electrons. The Morgan fingerprint density at radius 1 is 1.17 bits per heavy atom. The van der Waals surface area contributed by atoms with Gasteiger partial charge in [0.25, 0.3) is 0 Å². The first-order valence-corrected chi connectivity index (χ1v) is 11.1. The summed E-state index contributed by atoms with van der Waals surface area (Å²) in [6, 6.07) is 9.93. The highest BCUT2D eigenvalue weighted by molar-refractivity contribution is 7.89. The number of phenolic OH excluding ortho intramolecular Hbond substituents is 1. The van der Waals surface area contributed by atoms with E-state index < -0.39 is 16.1 Å². The average Bonchev–Trinajstić information content (AvgIpc) is 3.01. The van der Waals surface area contributed by atoms with Crippen LogP contribution in [0.2, 0.25) is 0 Å². The smallest absolute Gasteiger partial charge is 0.243 e. The number of aliphatic hydroxyl groups excluding tert-OH is 1. The van der Waals surface area contributed by atoms with Crippen LogP contribution in [0.4, 0.5) is 0 Å². The van der Waals surface area contributed by atoms with Gasteiger partial charge in [-0.2, -0.15) is 0 Å². The number of aromatic amines is 1. The second-order valence-corrected chi connectivity index (χ2v) is 8.94. The molecular formula is C21H27N3O5S. The Hall–Kier alpha value is -2.59. The maximum atomic E-state index is 11.9. The fraction of sp³-hybridized carbons (Fsp3) is 0.333. The van der Waals surface area contributed by atoms with Crippen LogP contribution in [0.5, 0.6) is 11.5 Å². The van der Waals surface area contributed by atoms with Gasteiger partial charge < -0.3 is 25.3 Å². The summed E-state index contributed by atoms with van der Waals surface area (Å²) in [5, 5.41) is 24.4. The Kier molecular flexibility index (Phi) is 6.67. The molecule has 162 valence electrons. The molecule has 2 aromatic carbocycles. The van der Waals surface area contributed by atoms with E-state index in [1.807, 2.05) is 25.1 Å². The highest BCUT2D eigenvalue weighted by Crippen LogP contribution is 2.27. The van der Waals surface area contributed by atoms with Crippen LogP contribution in [0.15, 0.2) is 41.3 Å². The number of aryl methyl sites for hydroxylation is 2. The Bertz CT molecular complexity index is 1140. The van der Waals surface area contributed by atoms with Gasteiger partial charge in [-0.25, -0.2) is 13.1 Å². The lowest BCUT2D eigenvalue weighted by molar-refractivity contribution is 0.171. The number of hydrogen-bond acceptors (Lipinski definition) is 6. The molecule has 0 saturated heterocycles. The van der Waals surface area contributed by atoms with Gasteiger partial charge in [0.1, 0.15) is 23.0 Å². The molecule has 0 aliphatic carbocycles. The normalized spacial score (nSPS) is 12.9. The number of rotatable bonds is 9. The molecule has 0 amide bonds. The number of phenols is 1. The molecule has 0 fully saturated rings. The van der Waals surface area contributed by atoms with Crippen molar-refractivity contribution in [2.45, 2.75) is 24.8 Å². The zero-order valence-corrected chi connectivity index (χ0v) is 18.0. The predicted molar refractivity (Wildman–Crippen MR) is 115 cm³/mol. The average molecular weight is 434 g/mol. The Morgan fingerprint density at radius 3 is 2.67 bits per heavy atom. The van der Waals surface area contributed by atoms with E-state index in [-0.39, 0.29) is 17.2 Å². The van der Waals surface area contributed by atoms with E-state index in [0.29, 0.717) is 18.7 Å². The largest absolute Gasteiger partial charge is 0.507 e. The van der Waals surface area contributed by atoms with Gasteiger partial charge >= 0.3 is 0 Å². The van der Waals surface area contributed by atoms with E-state index >= 15 is 0 Å². The van der Waals surface area contributed by atoms with E-state index in [9.17, 15) is 18.6 Å². The number of fused-ring (bicyclic) bond motifs is 1. The van der Waals surface area contributed by atoms with Crippen LogP contribution >= 0.6 is 0 Å². The van der Waals surface area contributed by atoms with Gasteiger partial charge in [-0.05, 0) is 56.3 Å². The molecule has 8 nitrogen and oxygen atoms in total. The molecule has 0 spiro atoms. The van der Waals surface area contributed by atoms with Crippen molar-refractivity contribution in [1.29, 1.82) is 0 Å². The van der Waals surface area contributed by atoms with Gasteiger partial charge in [0, 0.05) is 35.8 Å². The van der Waals surface area contributed by atoms with Crippen molar-refractivity contribution in [3.63, 3.8) is 0 Å². The molecule has 1 atom stereocenters. The second kappa shape index (κ2) is 9.05. The molecule has 1 unspecified atom stereocenters. The summed E-state index contributed by atoms with van der Waals surface area (Å²) in [6.07, 6.45) is -0.933. The minimum absolute atomic E-state index is 0.210. The van der Waals surface area contributed by atoms with E-state index in [0.717, 1.165) is 17.0 Å². The topological polar surface area (TPSA) is 124 Å². The first-order valence-electron chi connectivity index (χ1n) is 9.60. The summed E-state index contributed by atoms with van der Waals surface area (Å²) in [5.41, 5.74) is 3.79. The van der Waals surface area contributed by atoms with E-state index in [1.54, 1.807) is 0 Å². The summed E-state index contributed by atoms with van der Waals surface area (Å²) in [4.78, 5) is 3.06. The summed E-state index contributed by atoms with van der Waals surface area (Å²) >= 11 is 0. The molecule has 0 aliphatic rings. The molecular weight excluding hydrogens is 406 g/mol. The lowest BCUT2D eigenvalue weighted by atomic mass is 10.1. The third-order valence-corrected chi connectivity index (χ3v) is 6.54. The van der Waals surface area contributed by atoms with Gasteiger partial charge in [0.2, 0.25) is 10.0 Å². The monoisotopic (exact) mass is 433 g/mol. The highest BCUT2D eigenvalue weighted by atomic mass is 32.2. The van der Waals surface area contributed by atoms with Crippen molar-refractivity contribution in [3.8, 4) is 11.5 Å². The Balaban J connectivity index is 1.51. The molecule has 3 aromatic rings. The van der Waals surface area contributed by atoms with Crippen LogP contribution < -0.4 is 14.8 Å². The SMILES string of the molecule is CNS(=O)(=O)c1cc(C(O)CNCCOc2ccc3c(C)c(C)[nH]c3c2)ccc1O. The number of nitrogens with one attached hydrogen (secondary N) is 3. The van der Waals surface area contributed by atoms with Gasteiger partial charge in [0.05, 0.1) is 6.10 Å². The number of aromatic hydroxyl groups is 1. The third-order valence-electron chi connectivity index (χ3n) is 5.09. The minimum atomic E-state index is -3.82. The zero-order valence-electron chi connectivity index (χ0n) is 17.2. The fourth-order valence-electron chi connectivity index (χ4n) is 3.20. The second-order valence-electron chi connectivity index (χ2n) is 7.09. The number of aromatic nitrogens is 1. The number of H-pyrrole nitrogens is 1. The van der Waals surface area contributed by atoms with Gasteiger partial charge in [-0.15, -0.1) is 0 Å². The van der Waals surface area contributed by atoms with Crippen molar-refractivity contribution in [1.82, 2.24) is 15.0 Å². The van der Waals surface area contributed by atoms with Crippen LogP contribution in [-0.4, -0.2) is 50.4 Å². The quantitative estimate of drug-likeness (QED) is 0.329. The number of hydrogen-bond donors (Lipinski definition) is 5. The van der Waals surface area contributed by atoms with Gasteiger partial charge in [-0.1, -0.05) is 6.07 Å². The lowest BCUT2D eigenvalue weighted by Crippen LogP contribution is -2.26. The van der Waals surface area contributed by atoms with E-state index in [4.69, 9.17) is 4.74 Å². The maximum Gasteiger partial charge on any atom is 0.243 e. The van der Waals surface area contributed by atoms with Crippen LogP contribution in [0.1, 0.15) is 22.9 Å². The molecule has 1 heterocycles. The molecule has 5 N–H and O–H groups in total. The standard InChI is InChI=1S/C21H27N3O5S/c1-13-14(2)24-18-11-16(5-6-17(13)18)29-9-8-23-12-20(26)15-4-7-19(25)21(10-15)30(27,28)22-3/h4-7,10-11,20,22-26H,8-9,12H2,1-3H3. The van der Waals surface area contributed by atoms with Crippen LogP contribution in [0.3, 0.4) is 0 Å². The highest BCUT2D eigenvalue weighted by Gasteiger charge is 2.19.